The maximum absolute atomic E-state index is 6.04. The summed E-state index contributed by atoms with van der Waals surface area (Å²) in [5.74, 6) is 0. The molecule has 0 aliphatic heterocycles. The summed E-state index contributed by atoms with van der Waals surface area (Å²) in [7, 11) is 0. The number of hydrogen-bond donors (Lipinski definition) is 0. The normalized spacial score (nSPS) is 10.5. The molecule has 0 aromatic heterocycles. The fraction of sp³-hybridized carbons (Fsp3) is 0. The maximum atomic E-state index is 6.04. The van der Waals surface area contributed by atoms with Gasteiger partial charge in [-0.3, -0.25) is 0 Å². The summed E-state index contributed by atoms with van der Waals surface area (Å²) in [6.45, 7) is 0. The van der Waals surface area contributed by atoms with Crippen LogP contribution in [0.2, 0.25) is 15.1 Å². The summed E-state index contributed by atoms with van der Waals surface area (Å²) >= 11 is 16.0. The Hall–Kier alpha value is -0.834. The average Bonchev–Trinajstić information content (AvgIpc) is 2.53. The molecule has 0 bridgehead atoms. The van der Waals surface area contributed by atoms with Crippen molar-refractivity contribution in [2.75, 3.05) is 0 Å². The van der Waals surface area contributed by atoms with Gasteiger partial charge < -0.3 is 0 Å². The second-order valence-corrected chi connectivity index (χ2v) is 12.4. The van der Waals surface area contributed by atoms with E-state index in [4.69, 9.17) is 34.8 Å². The molecular weight excluding hydrogens is 392 g/mol. The van der Waals surface area contributed by atoms with Gasteiger partial charge >= 0.3 is 151 Å². The van der Waals surface area contributed by atoms with E-state index in [1.807, 2.05) is 36.4 Å². The standard InChI is InChI=1S/3C6H4Cl.Ga/c3*7-6-4-2-1-3-5-6;/h3*2-5H;. The third-order valence-corrected chi connectivity index (χ3v) is 11.0. The molecule has 3 aromatic rings. The van der Waals surface area contributed by atoms with E-state index in [1.54, 1.807) is 0 Å². The molecule has 0 saturated carbocycles. The Labute approximate surface area is 150 Å². The van der Waals surface area contributed by atoms with Crippen LogP contribution in [-0.2, 0) is 0 Å². The minimum absolute atomic E-state index is 0.761. The zero-order valence-corrected chi connectivity index (χ0v) is 16.3. The van der Waals surface area contributed by atoms with Crippen molar-refractivity contribution in [3.8, 4) is 0 Å². The van der Waals surface area contributed by atoms with Crippen molar-refractivity contribution in [3.63, 3.8) is 0 Å². The number of halogens is 3. The molecule has 22 heavy (non-hydrogen) atoms. The van der Waals surface area contributed by atoms with Gasteiger partial charge in [-0.25, -0.2) is 0 Å². The molecular formula is C18H12Cl3Ga. The first kappa shape index (κ1) is 16.0. The van der Waals surface area contributed by atoms with Gasteiger partial charge in [0.2, 0.25) is 0 Å². The summed E-state index contributed by atoms with van der Waals surface area (Å²) in [4.78, 5) is 0. The summed E-state index contributed by atoms with van der Waals surface area (Å²) in [5, 5.41) is 2.28. The van der Waals surface area contributed by atoms with Crippen molar-refractivity contribution in [1.82, 2.24) is 0 Å². The summed E-state index contributed by atoms with van der Waals surface area (Å²) < 4.78 is 4.09. The Morgan fingerprint density at radius 3 is 0.864 bits per heavy atom. The number of benzene rings is 3. The monoisotopic (exact) mass is 402 g/mol. The third-order valence-electron chi connectivity index (χ3n) is 3.61. The van der Waals surface area contributed by atoms with E-state index in [1.165, 1.54) is 12.4 Å². The second-order valence-electron chi connectivity index (χ2n) is 5.09. The van der Waals surface area contributed by atoms with Crippen LogP contribution in [0.5, 0.6) is 0 Å². The van der Waals surface area contributed by atoms with Crippen LogP contribution in [0.4, 0.5) is 0 Å². The van der Waals surface area contributed by atoms with Crippen molar-refractivity contribution in [3.05, 3.63) is 87.9 Å². The fourth-order valence-corrected chi connectivity index (χ4v) is 8.98. The molecule has 0 amide bonds. The van der Waals surface area contributed by atoms with Gasteiger partial charge in [-0.05, 0) is 0 Å². The molecule has 0 atom stereocenters. The van der Waals surface area contributed by atoms with Crippen LogP contribution in [0.1, 0.15) is 0 Å². The molecule has 0 aliphatic rings. The fourth-order valence-electron chi connectivity index (χ4n) is 2.54. The Morgan fingerprint density at radius 2 is 0.636 bits per heavy atom. The zero-order chi connectivity index (χ0) is 15.5. The minimum atomic E-state index is -2.13. The quantitative estimate of drug-likeness (QED) is 0.575. The van der Waals surface area contributed by atoms with E-state index in [0.29, 0.717) is 0 Å². The Bertz CT molecular complexity index is 642. The van der Waals surface area contributed by atoms with Crippen LogP contribution >= 0.6 is 34.8 Å². The molecule has 0 aliphatic carbocycles. The molecule has 3 rings (SSSR count). The van der Waals surface area contributed by atoms with Gasteiger partial charge in [0, 0.05) is 0 Å². The SMILES string of the molecule is Clc1cc[c]([Ga]([c]2ccc(Cl)cc2)[c]2ccc(Cl)cc2)cc1. The van der Waals surface area contributed by atoms with E-state index in [0.717, 1.165) is 15.1 Å². The molecule has 0 N–H and O–H groups in total. The first-order valence-electron chi connectivity index (χ1n) is 6.90. The van der Waals surface area contributed by atoms with E-state index in [-0.39, 0.29) is 0 Å². The third kappa shape index (κ3) is 3.73. The van der Waals surface area contributed by atoms with E-state index >= 15 is 0 Å². The van der Waals surface area contributed by atoms with Crippen molar-refractivity contribution in [1.29, 1.82) is 0 Å². The Kier molecular flexibility index (Phi) is 5.22. The van der Waals surface area contributed by atoms with Gasteiger partial charge in [-0.15, -0.1) is 0 Å². The van der Waals surface area contributed by atoms with Crippen LogP contribution in [-0.4, -0.2) is 16.2 Å². The molecule has 108 valence electrons. The average molecular weight is 404 g/mol. The topological polar surface area (TPSA) is 0 Å². The molecule has 0 fully saturated rings. The van der Waals surface area contributed by atoms with Crippen LogP contribution in [0.3, 0.4) is 0 Å². The van der Waals surface area contributed by atoms with Crippen molar-refractivity contribution < 1.29 is 0 Å². The van der Waals surface area contributed by atoms with Crippen LogP contribution in [0.25, 0.3) is 0 Å². The predicted molar refractivity (Wildman–Crippen MR) is 99.0 cm³/mol. The van der Waals surface area contributed by atoms with E-state index < -0.39 is 16.2 Å². The van der Waals surface area contributed by atoms with Crippen molar-refractivity contribution in [2.24, 2.45) is 0 Å². The summed E-state index contributed by atoms with van der Waals surface area (Å²) in [5.41, 5.74) is 0. The molecule has 0 heterocycles. The van der Waals surface area contributed by atoms with E-state index in [9.17, 15) is 0 Å². The van der Waals surface area contributed by atoms with E-state index in [2.05, 4.69) is 36.4 Å². The predicted octanol–water partition coefficient (Wildman–Crippen LogP) is 4.16. The van der Waals surface area contributed by atoms with Crippen molar-refractivity contribution in [2.45, 2.75) is 0 Å². The van der Waals surface area contributed by atoms with Gasteiger partial charge in [0.25, 0.3) is 0 Å². The Morgan fingerprint density at radius 1 is 0.409 bits per heavy atom. The van der Waals surface area contributed by atoms with Crippen LogP contribution < -0.4 is 12.4 Å². The van der Waals surface area contributed by atoms with Crippen LogP contribution in [0.15, 0.2) is 72.8 Å². The van der Waals surface area contributed by atoms with Crippen LogP contribution in [0, 0.1) is 0 Å². The van der Waals surface area contributed by atoms with Crippen molar-refractivity contribution >= 4 is 63.4 Å². The molecule has 0 nitrogen and oxygen atoms in total. The second kappa shape index (κ2) is 7.16. The Balaban J connectivity index is 2.10. The first-order chi connectivity index (χ1) is 10.6. The summed E-state index contributed by atoms with van der Waals surface area (Å²) in [6, 6.07) is 24.6. The zero-order valence-electron chi connectivity index (χ0n) is 11.6. The molecule has 0 saturated heterocycles. The molecule has 0 spiro atoms. The molecule has 0 unspecified atom stereocenters. The van der Waals surface area contributed by atoms with Gasteiger partial charge in [0.05, 0.1) is 0 Å². The summed E-state index contributed by atoms with van der Waals surface area (Å²) in [6.07, 6.45) is 0. The first-order valence-corrected chi connectivity index (χ1v) is 11.7. The van der Waals surface area contributed by atoms with Gasteiger partial charge in [-0.1, -0.05) is 0 Å². The molecule has 0 radical (unpaired) electrons. The molecule has 3 aromatic carbocycles. The number of rotatable bonds is 3. The van der Waals surface area contributed by atoms with Gasteiger partial charge in [0.15, 0.2) is 0 Å². The van der Waals surface area contributed by atoms with Gasteiger partial charge in [0.1, 0.15) is 0 Å². The number of hydrogen-bond acceptors (Lipinski definition) is 0. The molecule has 4 heteroatoms. The van der Waals surface area contributed by atoms with Gasteiger partial charge in [-0.2, -0.15) is 0 Å².